The van der Waals surface area contributed by atoms with Crippen molar-refractivity contribution in [3.8, 4) is 0 Å². The Morgan fingerprint density at radius 1 is 1.43 bits per heavy atom. The maximum atomic E-state index is 5.77. The lowest BCUT2D eigenvalue weighted by Gasteiger charge is -1.98. The second-order valence-corrected chi connectivity index (χ2v) is 3.57. The summed E-state index contributed by atoms with van der Waals surface area (Å²) in [5, 5.41) is 4.39. The molecule has 0 atom stereocenters. The maximum absolute atomic E-state index is 5.77. The molecule has 14 heavy (non-hydrogen) atoms. The first-order valence-corrected chi connectivity index (χ1v) is 4.70. The quantitative estimate of drug-likeness (QED) is 0.703. The summed E-state index contributed by atoms with van der Waals surface area (Å²) in [5.41, 5.74) is 9.10. The van der Waals surface area contributed by atoms with Crippen LogP contribution in [0.1, 0.15) is 5.56 Å². The molecule has 2 aromatic rings. The van der Waals surface area contributed by atoms with Crippen molar-refractivity contribution in [1.29, 1.82) is 0 Å². The van der Waals surface area contributed by atoms with Gasteiger partial charge in [0.15, 0.2) is 0 Å². The molecule has 74 valence electrons. The number of nitrogen functional groups attached to an aromatic ring is 1. The van der Waals surface area contributed by atoms with Crippen molar-refractivity contribution in [2.45, 2.75) is 6.54 Å². The standard InChI is InChI=1S/C11H15N3/c1-13-6-8-7-14(2)11-4-3-9(12)5-10(8)11/h3-5,7,13H,6,12H2,1-2H3. The van der Waals surface area contributed by atoms with Gasteiger partial charge >= 0.3 is 0 Å². The lowest BCUT2D eigenvalue weighted by Crippen LogP contribution is -2.04. The van der Waals surface area contributed by atoms with Crippen LogP contribution in [0.15, 0.2) is 24.4 Å². The van der Waals surface area contributed by atoms with Crippen molar-refractivity contribution in [2.24, 2.45) is 7.05 Å². The number of aryl methyl sites for hydroxylation is 1. The summed E-state index contributed by atoms with van der Waals surface area (Å²) in [6.07, 6.45) is 2.14. The van der Waals surface area contributed by atoms with Crippen molar-refractivity contribution < 1.29 is 0 Å². The summed E-state index contributed by atoms with van der Waals surface area (Å²) >= 11 is 0. The number of nitrogens with two attached hydrogens (primary N) is 1. The second kappa shape index (κ2) is 3.35. The zero-order chi connectivity index (χ0) is 10.1. The molecule has 0 aliphatic heterocycles. The van der Waals surface area contributed by atoms with Crippen LogP contribution in [0.5, 0.6) is 0 Å². The fourth-order valence-corrected chi connectivity index (χ4v) is 1.82. The highest BCUT2D eigenvalue weighted by Gasteiger charge is 2.05. The van der Waals surface area contributed by atoms with Gasteiger partial charge in [-0.1, -0.05) is 0 Å². The molecule has 1 aromatic heterocycles. The van der Waals surface area contributed by atoms with Gasteiger partial charge in [0, 0.05) is 36.4 Å². The van der Waals surface area contributed by atoms with Gasteiger partial charge in [-0.3, -0.25) is 0 Å². The molecule has 0 spiro atoms. The molecule has 3 nitrogen and oxygen atoms in total. The van der Waals surface area contributed by atoms with Gasteiger partial charge in [-0.25, -0.2) is 0 Å². The second-order valence-electron chi connectivity index (χ2n) is 3.57. The van der Waals surface area contributed by atoms with E-state index in [2.05, 4.69) is 29.2 Å². The van der Waals surface area contributed by atoms with E-state index in [-0.39, 0.29) is 0 Å². The Bertz CT molecular complexity index is 457. The molecule has 3 N–H and O–H groups in total. The molecule has 1 heterocycles. The zero-order valence-electron chi connectivity index (χ0n) is 8.54. The minimum absolute atomic E-state index is 0.820. The molecule has 0 aliphatic carbocycles. The topological polar surface area (TPSA) is 43.0 Å². The molecule has 0 unspecified atom stereocenters. The predicted molar refractivity (Wildman–Crippen MR) is 60.1 cm³/mol. The number of fused-ring (bicyclic) bond motifs is 1. The maximum Gasteiger partial charge on any atom is 0.0482 e. The molecule has 0 amide bonds. The molecule has 0 aliphatic rings. The third-order valence-electron chi connectivity index (χ3n) is 2.46. The number of rotatable bonds is 2. The Balaban J connectivity index is 2.66. The predicted octanol–water partition coefficient (Wildman–Crippen LogP) is 1.48. The van der Waals surface area contributed by atoms with E-state index in [1.807, 2.05) is 19.2 Å². The summed E-state index contributed by atoms with van der Waals surface area (Å²) in [6, 6.07) is 6.03. The Morgan fingerprint density at radius 3 is 2.93 bits per heavy atom. The molecule has 3 heteroatoms. The summed E-state index contributed by atoms with van der Waals surface area (Å²) in [7, 11) is 4.00. The van der Waals surface area contributed by atoms with E-state index in [1.165, 1.54) is 16.5 Å². The van der Waals surface area contributed by atoms with Crippen molar-refractivity contribution in [3.63, 3.8) is 0 Å². The fraction of sp³-hybridized carbons (Fsp3) is 0.273. The molecular weight excluding hydrogens is 174 g/mol. The Labute approximate surface area is 83.5 Å². The monoisotopic (exact) mass is 189 g/mol. The lowest BCUT2D eigenvalue weighted by atomic mass is 10.1. The van der Waals surface area contributed by atoms with E-state index < -0.39 is 0 Å². The van der Waals surface area contributed by atoms with Crippen molar-refractivity contribution in [3.05, 3.63) is 30.0 Å². The number of benzene rings is 1. The number of aromatic nitrogens is 1. The number of anilines is 1. The summed E-state index contributed by atoms with van der Waals surface area (Å²) in [4.78, 5) is 0. The Morgan fingerprint density at radius 2 is 2.21 bits per heavy atom. The first-order valence-electron chi connectivity index (χ1n) is 4.70. The van der Waals surface area contributed by atoms with Crippen LogP contribution >= 0.6 is 0 Å². The van der Waals surface area contributed by atoms with E-state index in [9.17, 15) is 0 Å². The van der Waals surface area contributed by atoms with Gasteiger partial charge in [-0.2, -0.15) is 0 Å². The van der Waals surface area contributed by atoms with E-state index >= 15 is 0 Å². The zero-order valence-corrected chi connectivity index (χ0v) is 8.54. The van der Waals surface area contributed by atoms with Crippen LogP contribution in [0.25, 0.3) is 10.9 Å². The highest BCUT2D eigenvalue weighted by atomic mass is 14.9. The SMILES string of the molecule is CNCc1cn(C)c2ccc(N)cc12. The first-order chi connectivity index (χ1) is 6.72. The highest BCUT2D eigenvalue weighted by Crippen LogP contribution is 2.22. The number of nitrogens with zero attached hydrogens (tertiary/aromatic N) is 1. The summed E-state index contributed by atoms with van der Waals surface area (Å²) in [6.45, 7) is 0.876. The molecule has 2 rings (SSSR count). The van der Waals surface area contributed by atoms with Crippen molar-refractivity contribution in [2.75, 3.05) is 12.8 Å². The number of hydrogen-bond donors (Lipinski definition) is 2. The molecule has 1 aromatic carbocycles. The first kappa shape index (κ1) is 9.09. The largest absolute Gasteiger partial charge is 0.399 e. The third kappa shape index (κ3) is 1.36. The van der Waals surface area contributed by atoms with Crippen LogP contribution < -0.4 is 11.1 Å². The fourth-order valence-electron chi connectivity index (χ4n) is 1.82. The summed E-state index contributed by atoms with van der Waals surface area (Å²) < 4.78 is 2.13. The normalized spacial score (nSPS) is 11.0. The van der Waals surface area contributed by atoms with Gasteiger partial charge in [0.1, 0.15) is 0 Å². The molecule has 0 saturated carbocycles. The minimum Gasteiger partial charge on any atom is -0.399 e. The lowest BCUT2D eigenvalue weighted by molar-refractivity contribution is 0.815. The van der Waals surface area contributed by atoms with Crippen LogP contribution in [0.4, 0.5) is 5.69 Å². The van der Waals surface area contributed by atoms with Crippen molar-refractivity contribution in [1.82, 2.24) is 9.88 Å². The Hall–Kier alpha value is -1.48. The number of hydrogen-bond acceptors (Lipinski definition) is 2. The van der Waals surface area contributed by atoms with Gasteiger partial charge in [0.25, 0.3) is 0 Å². The Kier molecular flexibility index (Phi) is 2.17. The van der Waals surface area contributed by atoms with Crippen LogP contribution in [0.2, 0.25) is 0 Å². The molecule has 0 bridgehead atoms. The molecule has 0 fully saturated rings. The minimum atomic E-state index is 0.820. The van der Waals surface area contributed by atoms with Crippen LogP contribution in [0, 0.1) is 0 Å². The number of nitrogens with one attached hydrogen (secondary N) is 1. The van der Waals surface area contributed by atoms with E-state index in [1.54, 1.807) is 0 Å². The van der Waals surface area contributed by atoms with Gasteiger partial charge in [0.2, 0.25) is 0 Å². The highest BCUT2D eigenvalue weighted by molar-refractivity contribution is 5.86. The van der Waals surface area contributed by atoms with E-state index in [0.717, 1.165) is 12.2 Å². The van der Waals surface area contributed by atoms with Crippen LogP contribution in [-0.4, -0.2) is 11.6 Å². The van der Waals surface area contributed by atoms with Gasteiger partial charge < -0.3 is 15.6 Å². The van der Waals surface area contributed by atoms with E-state index in [0.29, 0.717) is 0 Å². The van der Waals surface area contributed by atoms with Crippen molar-refractivity contribution >= 4 is 16.6 Å². The van der Waals surface area contributed by atoms with Gasteiger partial charge in [-0.05, 0) is 30.8 Å². The average molecular weight is 189 g/mol. The summed E-state index contributed by atoms with van der Waals surface area (Å²) in [5.74, 6) is 0. The third-order valence-corrected chi connectivity index (χ3v) is 2.46. The van der Waals surface area contributed by atoms with E-state index in [4.69, 9.17) is 5.73 Å². The van der Waals surface area contributed by atoms with Gasteiger partial charge in [-0.15, -0.1) is 0 Å². The van der Waals surface area contributed by atoms with Crippen LogP contribution in [0.3, 0.4) is 0 Å². The average Bonchev–Trinajstić information content (AvgIpc) is 2.44. The molecular formula is C11H15N3. The molecule has 0 radical (unpaired) electrons. The smallest absolute Gasteiger partial charge is 0.0482 e. The van der Waals surface area contributed by atoms with Crippen LogP contribution in [-0.2, 0) is 13.6 Å². The molecule has 0 saturated heterocycles. The van der Waals surface area contributed by atoms with Gasteiger partial charge in [0.05, 0.1) is 0 Å².